The third kappa shape index (κ3) is 3.07. The number of aromatic nitrogens is 2. The maximum Gasteiger partial charge on any atom is 0.257 e. The van der Waals surface area contributed by atoms with Crippen LogP contribution in [-0.4, -0.2) is 15.6 Å². The van der Waals surface area contributed by atoms with E-state index < -0.39 is 0 Å². The van der Waals surface area contributed by atoms with Gasteiger partial charge in [-0.1, -0.05) is 21.1 Å². The van der Waals surface area contributed by atoms with E-state index in [1.807, 2.05) is 61.7 Å². The highest BCUT2D eigenvalue weighted by Crippen LogP contribution is 2.22. The van der Waals surface area contributed by atoms with Gasteiger partial charge < -0.3 is 9.84 Å². The Balaban J connectivity index is 1.91. The lowest BCUT2D eigenvalue weighted by molar-refractivity contribution is 0.102. The van der Waals surface area contributed by atoms with Crippen molar-refractivity contribution in [3.05, 3.63) is 63.6 Å². The first-order valence-electron chi connectivity index (χ1n) is 7.15. The Kier molecular flexibility index (Phi) is 4.09. The molecule has 2 heterocycles. The molecule has 3 aromatic rings. The zero-order chi connectivity index (χ0) is 16.6. The van der Waals surface area contributed by atoms with Crippen LogP contribution in [-0.2, 0) is 0 Å². The molecular weight excluding hydrogens is 358 g/mol. The molecule has 0 bridgehead atoms. The van der Waals surface area contributed by atoms with Crippen LogP contribution in [0.4, 0.5) is 5.69 Å². The SMILES string of the molecule is Cc1cc(-n2c(C)cc(C(=O)Nc3ccc(Br)cc3)c2C)no1. The summed E-state index contributed by atoms with van der Waals surface area (Å²) in [5, 5.41) is 6.93. The molecule has 118 valence electrons. The summed E-state index contributed by atoms with van der Waals surface area (Å²) >= 11 is 3.38. The number of hydrogen-bond acceptors (Lipinski definition) is 3. The number of anilines is 1. The largest absolute Gasteiger partial charge is 0.360 e. The first-order chi connectivity index (χ1) is 11.0. The Morgan fingerprint density at radius 2 is 1.87 bits per heavy atom. The molecule has 0 atom stereocenters. The van der Waals surface area contributed by atoms with E-state index in [0.717, 1.165) is 27.3 Å². The Morgan fingerprint density at radius 3 is 2.48 bits per heavy atom. The predicted molar refractivity (Wildman–Crippen MR) is 92.1 cm³/mol. The number of rotatable bonds is 3. The summed E-state index contributed by atoms with van der Waals surface area (Å²) in [6.45, 7) is 5.67. The third-order valence-electron chi connectivity index (χ3n) is 3.62. The average Bonchev–Trinajstić information content (AvgIpc) is 3.05. The molecule has 3 rings (SSSR count). The molecule has 1 amide bonds. The van der Waals surface area contributed by atoms with E-state index in [-0.39, 0.29) is 5.91 Å². The van der Waals surface area contributed by atoms with E-state index in [1.54, 1.807) is 0 Å². The molecule has 0 saturated heterocycles. The normalized spacial score (nSPS) is 10.8. The molecular formula is C17H16BrN3O2. The van der Waals surface area contributed by atoms with Crippen molar-refractivity contribution in [3.63, 3.8) is 0 Å². The topological polar surface area (TPSA) is 60.1 Å². The summed E-state index contributed by atoms with van der Waals surface area (Å²) in [7, 11) is 0. The highest BCUT2D eigenvalue weighted by molar-refractivity contribution is 9.10. The Bertz CT molecular complexity index is 863. The molecule has 0 aliphatic carbocycles. The first kappa shape index (κ1) is 15.6. The molecule has 6 heteroatoms. The van der Waals surface area contributed by atoms with Crippen molar-refractivity contribution in [2.45, 2.75) is 20.8 Å². The Morgan fingerprint density at radius 1 is 1.17 bits per heavy atom. The highest BCUT2D eigenvalue weighted by atomic mass is 79.9. The lowest BCUT2D eigenvalue weighted by Crippen LogP contribution is -2.13. The van der Waals surface area contributed by atoms with Crippen LogP contribution in [0, 0.1) is 20.8 Å². The molecule has 23 heavy (non-hydrogen) atoms. The number of aryl methyl sites for hydroxylation is 2. The van der Waals surface area contributed by atoms with Crippen LogP contribution in [0.1, 0.15) is 27.5 Å². The van der Waals surface area contributed by atoms with E-state index in [2.05, 4.69) is 26.4 Å². The average molecular weight is 374 g/mol. The fourth-order valence-electron chi connectivity index (χ4n) is 2.54. The molecule has 0 saturated carbocycles. The lowest BCUT2D eigenvalue weighted by Gasteiger charge is -2.07. The summed E-state index contributed by atoms with van der Waals surface area (Å²) in [6, 6.07) is 11.2. The van der Waals surface area contributed by atoms with E-state index in [4.69, 9.17) is 4.52 Å². The Hall–Kier alpha value is -2.34. The van der Waals surface area contributed by atoms with Crippen molar-refractivity contribution in [1.82, 2.24) is 9.72 Å². The molecule has 0 unspecified atom stereocenters. The maximum atomic E-state index is 12.5. The van der Waals surface area contributed by atoms with Gasteiger partial charge >= 0.3 is 0 Å². The van der Waals surface area contributed by atoms with Gasteiger partial charge in [-0.3, -0.25) is 9.36 Å². The molecule has 0 radical (unpaired) electrons. The van der Waals surface area contributed by atoms with E-state index >= 15 is 0 Å². The van der Waals surface area contributed by atoms with Gasteiger partial charge in [0.15, 0.2) is 5.82 Å². The molecule has 0 aliphatic heterocycles. The van der Waals surface area contributed by atoms with Crippen LogP contribution in [0.3, 0.4) is 0 Å². The molecule has 1 N–H and O–H groups in total. The second kappa shape index (κ2) is 6.04. The molecule has 0 fully saturated rings. The monoisotopic (exact) mass is 373 g/mol. The number of amides is 1. The fourth-order valence-corrected chi connectivity index (χ4v) is 2.80. The van der Waals surface area contributed by atoms with Crippen molar-refractivity contribution < 1.29 is 9.32 Å². The fraction of sp³-hybridized carbons (Fsp3) is 0.176. The zero-order valence-corrected chi connectivity index (χ0v) is 14.6. The van der Waals surface area contributed by atoms with Gasteiger partial charge in [-0.15, -0.1) is 0 Å². The van der Waals surface area contributed by atoms with Gasteiger partial charge in [0.2, 0.25) is 0 Å². The lowest BCUT2D eigenvalue weighted by atomic mass is 10.2. The summed E-state index contributed by atoms with van der Waals surface area (Å²) in [6.07, 6.45) is 0. The van der Waals surface area contributed by atoms with Crippen molar-refractivity contribution in [1.29, 1.82) is 0 Å². The smallest absolute Gasteiger partial charge is 0.257 e. The van der Waals surface area contributed by atoms with Gasteiger partial charge in [0.1, 0.15) is 5.76 Å². The minimum atomic E-state index is -0.146. The summed E-state index contributed by atoms with van der Waals surface area (Å²) in [5.41, 5.74) is 3.12. The van der Waals surface area contributed by atoms with Crippen LogP contribution in [0.25, 0.3) is 5.82 Å². The Labute approximate surface area is 142 Å². The summed E-state index contributed by atoms with van der Waals surface area (Å²) < 4.78 is 8.01. The van der Waals surface area contributed by atoms with Gasteiger partial charge in [0.25, 0.3) is 5.91 Å². The molecule has 5 nitrogen and oxygen atoms in total. The van der Waals surface area contributed by atoms with Crippen LogP contribution < -0.4 is 5.32 Å². The number of carbonyl (C=O) groups excluding carboxylic acids is 1. The number of halogens is 1. The standard InChI is InChI=1S/C17H16BrN3O2/c1-10-8-15(12(3)21(10)16-9-11(2)23-20-16)17(22)19-14-6-4-13(18)5-7-14/h4-9H,1-3H3,(H,19,22). The van der Waals surface area contributed by atoms with Gasteiger partial charge in [-0.25, -0.2) is 0 Å². The second-order valence-corrected chi connectivity index (χ2v) is 6.29. The van der Waals surface area contributed by atoms with E-state index in [1.165, 1.54) is 0 Å². The maximum absolute atomic E-state index is 12.5. The number of hydrogen-bond donors (Lipinski definition) is 1. The van der Waals surface area contributed by atoms with Gasteiger partial charge in [0, 0.05) is 27.6 Å². The number of nitrogens with one attached hydrogen (secondary N) is 1. The summed E-state index contributed by atoms with van der Waals surface area (Å²) in [5.74, 6) is 1.26. The van der Waals surface area contributed by atoms with Crippen molar-refractivity contribution >= 4 is 27.5 Å². The second-order valence-electron chi connectivity index (χ2n) is 5.38. The van der Waals surface area contributed by atoms with Crippen LogP contribution in [0.15, 0.2) is 45.4 Å². The zero-order valence-electron chi connectivity index (χ0n) is 13.1. The highest BCUT2D eigenvalue weighted by Gasteiger charge is 2.18. The molecule has 1 aromatic carbocycles. The van der Waals surface area contributed by atoms with Crippen LogP contribution >= 0.6 is 15.9 Å². The van der Waals surface area contributed by atoms with Gasteiger partial charge in [0.05, 0.1) is 5.56 Å². The van der Waals surface area contributed by atoms with Crippen molar-refractivity contribution in [3.8, 4) is 5.82 Å². The van der Waals surface area contributed by atoms with Crippen LogP contribution in [0.5, 0.6) is 0 Å². The molecule has 0 aliphatic rings. The quantitative estimate of drug-likeness (QED) is 0.739. The number of nitrogens with zero attached hydrogens (tertiary/aromatic N) is 2. The minimum absolute atomic E-state index is 0.146. The third-order valence-corrected chi connectivity index (χ3v) is 4.15. The first-order valence-corrected chi connectivity index (χ1v) is 7.94. The van der Waals surface area contributed by atoms with Gasteiger partial charge in [-0.05, 0) is 51.1 Å². The molecule has 0 spiro atoms. The number of carbonyl (C=O) groups is 1. The van der Waals surface area contributed by atoms with Crippen molar-refractivity contribution in [2.24, 2.45) is 0 Å². The van der Waals surface area contributed by atoms with Crippen LogP contribution in [0.2, 0.25) is 0 Å². The van der Waals surface area contributed by atoms with E-state index in [0.29, 0.717) is 11.4 Å². The minimum Gasteiger partial charge on any atom is -0.360 e. The number of benzene rings is 1. The molecule has 2 aromatic heterocycles. The summed E-state index contributed by atoms with van der Waals surface area (Å²) in [4.78, 5) is 12.5. The van der Waals surface area contributed by atoms with E-state index in [9.17, 15) is 4.79 Å². The van der Waals surface area contributed by atoms with Gasteiger partial charge in [-0.2, -0.15) is 0 Å². The van der Waals surface area contributed by atoms with Crippen molar-refractivity contribution in [2.75, 3.05) is 5.32 Å². The predicted octanol–water partition coefficient (Wildman–Crippen LogP) is 4.41.